The topological polar surface area (TPSA) is 9.23 Å². The number of hydrogen-bond acceptors (Lipinski definition) is 1. The largest absolute Gasteiger partial charge is 0.493 e. The summed E-state index contributed by atoms with van der Waals surface area (Å²) in [5, 5.41) is 0.753. The molecule has 0 aromatic heterocycles. The van der Waals surface area contributed by atoms with Gasteiger partial charge in [-0.15, -0.1) is 0 Å². The van der Waals surface area contributed by atoms with E-state index in [0.29, 0.717) is 5.92 Å². The second kappa shape index (κ2) is 2.98. The lowest BCUT2D eigenvalue weighted by atomic mass is 9.99. The lowest BCUT2D eigenvalue weighted by molar-refractivity contribution is 0.234. The first-order chi connectivity index (χ1) is 5.75. The molecule has 1 nitrogen and oxygen atoms in total. The van der Waals surface area contributed by atoms with Crippen LogP contribution in [0.2, 0.25) is 5.02 Å². The highest BCUT2D eigenvalue weighted by atomic mass is 35.5. The van der Waals surface area contributed by atoms with Crippen molar-refractivity contribution in [3.05, 3.63) is 28.8 Å². The van der Waals surface area contributed by atoms with Crippen LogP contribution in [0.25, 0.3) is 0 Å². The van der Waals surface area contributed by atoms with Crippen molar-refractivity contribution < 1.29 is 4.74 Å². The van der Waals surface area contributed by atoms with E-state index in [1.54, 1.807) is 0 Å². The molecule has 12 heavy (non-hydrogen) atoms. The third kappa shape index (κ3) is 1.42. The molecule has 1 heterocycles. The Morgan fingerprint density at radius 3 is 3.17 bits per heavy atom. The molecule has 0 fully saturated rings. The molecule has 0 saturated carbocycles. The summed E-state index contributed by atoms with van der Waals surface area (Å²) in [6.45, 7) is 3.00. The first kappa shape index (κ1) is 7.93. The Morgan fingerprint density at radius 2 is 2.33 bits per heavy atom. The number of ether oxygens (including phenoxy) is 1. The molecule has 0 aliphatic carbocycles. The van der Waals surface area contributed by atoms with Crippen molar-refractivity contribution in [1.29, 1.82) is 0 Å². The van der Waals surface area contributed by atoms with Crippen molar-refractivity contribution in [3.8, 4) is 5.75 Å². The fraction of sp³-hybridized carbons (Fsp3) is 0.400. The first-order valence-corrected chi connectivity index (χ1v) is 4.55. The predicted octanol–water partition coefficient (Wildman–Crippen LogP) is 2.91. The van der Waals surface area contributed by atoms with E-state index in [0.717, 1.165) is 23.8 Å². The lowest BCUT2D eigenvalue weighted by Crippen LogP contribution is -2.17. The molecule has 0 bridgehead atoms. The number of fused-ring (bicyclic) bond motifs is 1. The zero-order valence-corrected chi connectivity index (χ0v) is 7.77. The maximum Gasteiger partial charge on any atom is 0.123 e. The van der Waals surface area contributed by atoms with Gasteiger partial charge in [0.05, 0.1) is 6.61 Å². The third-order valence-corrected chi connectivity index (χ3v) is 2.36. The van der Waals surface area contributed by atoms with Crippen LogP contribution in [0.15, 0.2) is 18.2 Å². The third-order valence-electron chi connectivity index (χ3n) is 2.12. The van der Waals surface area contributed by atoms with Crippen LogP contribution < -0.4 is 4.74 Å². The Bertz CT molecular complexity index is 296. The second-order valence-electron chi connectivity index (χ2n) is 3.37. The van der Waals surface area contributed by atoms with Crippen molar-refractivity contribution in [2.75, 3.05) is 6.61 Å². The van der Waals surface area contributed by atoms with Gasteiger partial charge in [0.2, 0.25) is 0 Å². The molecule has 1 aromatic rings. The van der Waals surface area contributed by atoms with E-state index in [1.165, 1.54) is 5.56 Å². The van der Waals surface area contributed by atoms with Gasteiger partial charge >= 0.3 is 0 Å². The fourth-order valence-corrected chi connectivity index (χ4v) is 1.66. The van der Waals surface area contributed by atoms with Crippen molar-refractivity contribution in [3.63, 3.8) is 0 Å². The summed E-state index contributed by atoms with van der Waals surface area (Å²) in [5.41, 5.74) is 1.28. The van der Waals surface area contributed by atoms with Gasteiger partial charge in [0.1, 0.15) is 5.75 Å². The smallest absolute Gasteiger partial charge is 0.123 e. The average Bonchev–Trinajstić information content (AvgIpc) is 2.05. The Hall–Kier alpha value is -0.690. The summed E-state index contributed by atoms with van der Waals surface area (Å²) in [7, 11) is 0. The SMILES string of the molecule is CC1COc2cc(Cl)ccc2C1. The molecular formula is C10H11ClO. The molecule has 0 radical (unpaired) electrons. The number of halogens is 1. The summed E-state index contributed by atoms with van der Waals surface area (Å²) in [6.07, 6.45) is 1.10. The van der Waals surface area contributed by atoms with Gasteiger partial charge in [-0.2, -0.15) is 0 Å². The maximum atomic E-state index is 5.83. The lowest BCUT2D eigenvalue weighted by Gasteiger charge is -2.22. The quantitative estimate of drug-likeness (QED) is 0.600. The van der Waals surface area contributed by atoms with Crippen LogP contribution in [-0.2, 0) is 6.42 Å². The van der Waals surface area contributed by atoms with E-state index in [4.69, 9.17) is 16.3 Å². The van der Waals surface area contributed by atoms with Crippen LogP contribution in [0.1, 0.15) is 12.5 Å². The molecule has 0 N–H and O–H groups in total. The zero-order valence-electron chi connectivity index (χ0n) is 7.01. The highest BCUT2D eigenvalue weighted by Gasteiger charge is 2.15. The van der Waals surface area contributed by atoms with Crippen molar-refractivity contribution in [1.82, 2.24) is 0 Å². The molecular weight excluding hydrogens is 172 g/mol. The molecule has 1 aliphatic rings. The number of rotatable bonds is 0. The average molecular weight is 183 g/mol. The van der Waals surface area contributed by atoms with E-state index in [1.807, 2.05) is 18.2 Å². The Morgan fingerprint density at radius 1 is 1.50 bits per heavy atom. The van der Waals surface area contributed by atoms with Gasteiger partial charge in [0.25, 0.3) is 0 Å². The van der Waals surface area contributed by atoms with Gasteiger partial charge in [-0.25, -0.2) is 0 Å². The summed E-state index contributed by atoms with van der Waals surface area (Å²) >= 11 is 5.83. The molecule has 0 amide bonds. The summed E-state index contributed by atoms with van der Waals surface area (Å²) < 4.78 is 5.53. The van der Waals surface area contributed by atoms with Crippen LogP contribution in [0.4, 0.5) is 0 Å². The molecule has 1 atom stereocenters. The van der Waals surface area contributed by atoms with Gasteiger partial charge < -0.3 is 4.74 Å². The summed E-state index contributed by atoms with van der Waals surface area (Å²) in [4.78, 5) is 0. The summed E-state index contributed by atoms with van der Waals surface area (Å²) in [6, 6.07) is 5.86. The van der Waals surface area contributed by atoms with Gasteiger partial charge in [-0.05, 0) is 30.0 Å². The molecule has 64 valence electrons. The molecule has 2 heteroatoms. The predicted molar refractivity (Wildman–Crippen MR) is 49.8 cm³/mol. The van der Waals surface area contributed by atoms with E-state index >= 15 is 0 Å². The molecule has 1 unspecified atom stereocenters. The van der Waals surface area contributed by atoms with Crippen LogP contribution in [0.3, 0.4) is 0 Å². The van der Waals surface area contributed by atoms with Crippen LogP contribution in [0, 0.1) is 5.92 Å². The van der Waals surface area contributed by atoms with Crippen molar-refractivity contribution in [2.45, 2.75) is 13.3 Å². The maximum absolute atomic E-state index is 5.83. The standard InChI is InChI=1S/C10H11ClO/c1-7-4-8-2-3-9(11)5-10(8)12-6-7/h2-3,5,7H,4,6H2,1H3. The van der Waals surface area contributed by atoms with E-state index < -0.39 is 0 Å². The minimum Gasteiger partial charge on any atom is -0.493 e. The van der Waals surface area contributed by atoms with Crippen LogP contribution >= 0.6 is 11.6 Å². The van der Waals surface area contributed by atoms with Gasteiger partial charge in [0, 0.05) is 5.02 Å². The molecule has 2 rings (SSSR count). The number of benzene rings is 1. The molecule has 0 saturated heterocycles. The Kier molecular flexibility index (Phi) is 1.97. The van der Waals surface area contributed by atoms with Crippen molar-refractivity contribution in [2.24, 2.45) is 5.92 Å². The minimum absolute atomic E-state index is 0.624. The fourth-order valence-electron chi connectivity index (χ4n) is 1.50. The van der Waals surface area contributed by atoms with E-state index in [2.05, 4.69) is 6.92 Å². The first-order valence-electron chi connectivity index (χ1n) is 4.17. The van der Waals surface area contributed by atoms with Gasteiger partial charge in [-0.3, -0.25) is 0 Å². The Labute approximate surface area is 77.3 Å². The van der Waals surface area contributed by atoms with Crippen LogP contribution in [-0.4, -0.2) is 6.61 Å². The number of hydrogen-bond donors (Lipinski definition) is 0. The van der Waals surface area contributed by atoms with Crippen LogP contribution in [0.5, 0.6) is 5.75 Å². The molecule has 1 aliphatic heterocycles. The highest BCUT2D eigenvalue weighted by Crippen LogP contribution is 2.29. The van der Waals surface area contributed by atoms with Gasteiger partial charge in [0.15, 0.2) is 0 Å². The zero-order chi connectivity index (χ0) is 8.55. The second-order valence-corrected chi connectivity index (χ2v) is 3.81. The molecule has 0 spiro atoms. The van der Waals surface area contributed by atoms with E-state index in [9.17, 15) is 0 Å². The Balaban J connectivity index is 2.37. The van der Waals surface area contributed by atoms with Crippen molar-refractivity contribution >= 4 is 11.6 Å². The highest BCUT2D eigenvalue weighted by molar-refractivity contribution is 6.30. The molecule has 1 aromatic carbocycles. The normalized spacial score (nSPS) is 21.3. The monoisotopic (exact) mass is 182 g/mol. The minimum atomic E-state index is 0.624. The summed E-state index contributed by atoms with van der Waals surface area (Å²) in [5.74, 6) is 1.58. The van der Waals surface area contributed by atoms with Gasteiger partial charge in [-0.1, -0.05) is 24.6 Å². The van der Waals surface area contributed by atoms with E-state index in [-0.39, 0.29) is 0 Å².